The van der Waals surface area contributed by atoms with E-state index in [1.54, 1.807) is 0 Å². The van der Waals surface area contributed by atoms with Crippen LogP contribution in [0.3, 0.4) is 0 Å². The molecule has 8 heteroatoms. The minimum atomic E-state index is -2.78. The van der Waals surface area contributed by atoms with E-state index in [4.69, 9.17) is 16.2 Å². The number of rotatable bonds is 2. The molecular weight excluding hydrogens is 321 g/mol. The number of alkyl halides is 2. The van der Waals surface area contributed by atoms with Gasteiger partial charge in [-0.05, 0) is 31.5 Å². The predicted octanol–water partition coefficient (Wildman–Crippen LogP) is 2.17. The van der Waals surface area contributed by atoms with E-state index in [0.29, 0.717) is 0 Å². The van der Waals surface area contributed by atoms with Crippen molar-refractivity contribution in [1.82, 2.24) is 0 Å². The van der Waals surface area contributed by atoms with Gasteiger partial charge in [-0.3, -0.25) is 4.99 Å². The second-order valence-corrected chi connectivity index (χ2v) is 6.53. The summed E-state index contributed by atoms with van der Waals surface area (Å²) in [4.78, 5) is 4.32. The molecule has 2 heterocycles. The lowest BCUT2D eigenvalue weighted by molar-refractivity contribution is -0.0430. The van der Waals surface area contributed by atoms with Crippen molar-refractivity contribution in [3.8, 4) is 6.07 Å². The van der Waals surface area contributed by atoms with Gasteiger partial charge in [-0.15, -0.1) is 0 Å². The first-order valence-corrected chi connectivity index (χ1v) is 7.46. The van der Waals surface area contributed by atoms with Gasteiger partial charge in [0.2, 0.25) is 0 Å². The van der Waals surface area contributed by atoms with E-state index < -0.39 is 35.2 Å². The largest absolute Gasteiger partial charge is 0.399 e. The first-order valence-electron chi connectivity index (χ1n) is 7.46. The van der Waals surface area contributed by atoms with E-state index in [2.05, 4.69) is 4.99 Å². The van der Waals surface area contributed by atoms with Gasteiger partial charge >= 0.3 is 0 Å². The summed E-state index contributed by atoms with van der Waals surface area (Å²) < 4.78 is 46.6. The van der Waals surface area contributed by atoms with Gasteiger partial charge in [0.1, 0.15) is 28.7 Å². The van der Waals surface area contributed by atoms with Gasteiger partial charge in [0, 0.05) is 17.2 Å². The van der Waals surface area contributed by atoms with Crippen LogP contribution in [-0.4, -0.2) is 25.0 Å². The van der Waals surface area contributed by atoms with Crippen molar-refractivity contribution in [2.24, 2.45) is 22.1 Å². The normalized spacial score (nSPS) is 35.4. The highest BCUT2D eigenvalue weighted by molar-refractivity contribution is 5.90. The Labute approximate surface area is 137 Å². The Hall–Kier alpha value is -2.27. The number of aliphatic imine (C=N–C) groups is 1. The molecule has 0 aliphatic carbocycles. The Morgan fingerprint density at radius 1 is 1.42 bits per heavy atom. The van der Waals surface area contributed by atoms with Crippen LogP contribution in [0.1, 0.15) is 18.9 Å². The van der Waals surface area contributed by atoms with E-state index in [-0.39, 0.29) is 30.1 Å². The minimum absolute atomic E-state index is 0.00206. The number of nitrogens with two attached hydrogens (primary N) is 2. The molecule has 1 fully saturated rings. The maximum atomic E-state index is 14.4. The molecule has 0 spiro atoms. The lowest BCUT2D eigenvalue weighted by Gasteiger charge is -2.41. The molecular formula is C16H17F3N4O. The zero-order chi connectivity index (χ0) is 17.7. The summed E-state index contributed by atoms with van der Waals surface area (Å²) in [5.41, 5.74) is 9.42. The summed E-state index contributed by atoms with van der Waals surface area (Å²) in [7, 11) is 0. The topological polar surface area (TPSA) is 97.4 Å². The number of fused-ring (bicyclic) bond motifs is 1. The summed E-state index contributed by atoms with van der Waals surface area (Å²) in [6, 6.07) is 5.93. The Morgan fingerprint density at radius 2 is 2.12 bits per heavy atom. The average molecular weight is 338 g/mol. The maximum absolute atomic E-state index is 14.4. The van der Waals surface area contributed by atoms with Crippen molar-refractivity contribution in [3.05, 3.63) is 29.6 Å². The first kappa shape index (κ1) is 16.6. The Kier molecular flexibility index (Phi) is 3.72. The summed E-state index contributed by atoms with van der Waals surface area (Å²) >= 11 is 0. The van der Waals surface area contributed by atoms with Crippen LogP contribution in [-0.2, 0) is 10.3 Å². The van der Waals surface area contributed by atoms with Crippen molar-refractivity contribution in [2.75, 3.05) is 12.3 Å². The number of hydrogen-bond donors (Lipinski definition) is 2. The minimum Gasteiger partial charge on any atom is -0.399 e. The number of hydrogen-bond acceptors (Lipinski definition) is 5. The van der Waals surface area contributed by atoms with Crippen LogP contribution < -0.4 is 11.5 Å². The van der Waals surface area contributed by atoms with Crippen LogP contribution in [0.2, 0.25) is 0 Å². The summed E-state index contributed by atoms with van der Waals surface area (Å²) in [6.45, 7) is 1.29. The van der Waals surface area contributed by atoms with Crippen molar-refractivity contribution in [3.63, 3.8) is 0 Å². The van der Waals surface area contributed by atoms with Gasteiger partial charge in [-0.2, -0.15) is 5.26 Å². The molecule has 1 aromatic rings. The number of nitrogen functional groups attached to an aromatic ring is 1. The van der Waals surface area contributed by atoms with Crippen LogP contribution >= 0.6 is 0 Å². The first-order chi connectivity index (χ1) is 11.2. The van der Waals surface area contributed by atoms with E-state index >= 15 is 0 Å². The van der Waals surface area contributed by atoms with Gasteiger partial charge in [0.15, 0.2) is 0 Å². The Balaban J connectivity index is 2.23. The molecule has 2 aliphatic rings. The molecule has 0 bridgehead atoms. The molecule has 3 rings (SSSR count). The molecule has 5 nitrogen and oxygen atoms in total. The second kappa shape index (κ2) is 5.38. The number of benzene rings is 1. The van der Waals surface area contributed by atoms with Gasteiger partial charge in [0.05, 0.1) is 12.7 Å². The highest BCUT2D eigenvalue weighted by atomic mass is 19.3. The summed E-state index contributed by atoms with van der Waals surface area (Å²) in [5.74, 6) is -1.52. The molecule has 4 N–H and O–H groups in total. The molecule has 128 valence electrons. The van der Waals surface area contributed by atoms with Crippen LogP contribution in [0.25, 0.3) is 0 Å². The maximum Gasteiger partial charge on any atom is 0.264 e. The van der Waals surface area contributed by atoms with E-state index in [9.17, 15) is 18.4 Å². The zero-order valence-corrected chi connectivity index (χ0v) is 13.0. The van der Waals surface area contributed by atoms with Gasteiger partial charge in [-0.25, -0.2) is 13.2 Å². The summed E-state index contributed by atoms with van der Waals surface area (Å²) in [6.07, 6.45) is -4.23. The monoisotopic (exact) mass is 338 g/mol. The Bertz CT molecular complexity index is 747. The molecule has 1 saturated heterocycles. The third kappa shape index (κ3) is 2.23. The lowest BCUT2D eigenvalue weighted by atomic mass is 9.66. The number of nitriles is 1. The number of halogens is 3. The standard InChI is InChI=1S/C16H17F3N4O/c1-15(6-20)5-10-12(13(18)19)24-7-16(10,23-14(15)22)9-4-8(21)2-3-11(9)17/h2-4,10,12-13H,5,7,21H2,1H3,(H2,22,23)/t10-,12?,15?,16-/m1/s1. The molecule has 0 radical (unpaired) electrons. The van der Waals surface area contributed by atoms with Gasteiger partial charge < -0.3 is 16.2 Å². The quantitative estimate of drug-likeness (QED) is 0.808. The third-order valence-electron chi connectivity index (χ3n) is 4.97. The SMILES string of the molecule is CC1(C#N)C[C@@H]2C(C(F)F)OC[C@]2(c2cc(N)ccc2F)N=C1N. The van der Waals surface area contributed by atoms with Crippen molar-refractivity contribution < 1.29 is 17.9 Å². The Morgan fingerprint density at radius 3 is 2.75 bits per heavy atom. The number of ether oxygens (including phenoxy) is 1. The van der Waals surface area contributed by atoms with Crippen LogP contribution in [0, 0.1) is 28.5 Å². The fourth-order valence-corrected chi connectivity index (χ4v) is 3.56. The van der Waals surface area contributed by atoms with Crippen LogP contribution in [0.4, 0.5) is 18.9 Å². The summed E-state index contributed by atoms with van der Waals surface area (Å²) in [5, 5.41) is 9.39. The van der Waals surface area contributed by atoms with E-state index in [1.165, 1.54) is 19.1 Å². The zero-order valence-electron chi connectivity index (χ0n) is 13.0. The molecule has 0 saturated carbocycles. The average Bonchev–Trinajstić information content (AvgIpc) is 2.89. The van der Waals surface area contributed by atoms with Crippen LogP contribution in [0.5, 0.6) is 0 Å². The molecule has 2 aliphatic heterocycles. The molecule has 1 aromatic carbocycles. The number of anilines is 1. The fraction of sp³-hybridized carbons (Fsp3) is 0.500. The van der Waals surface area contributed by atoms with Gasteiger partial charge in [-0.1, -0.05) is 0 Å². The molecule has 0 amide bonds. The van der Waals surface area contributed by atoms with E-state index in [0.717, 1.165) is 6.07 Å². The molecule has 2 unspecified atom stereocenters. The van der Waals surface area contributed by atoms with Crippen LogP contribution in [0.15, 0.2) is 23.2 Å². The third-order valence-corrected chi connectivity index (χ3v) is 4.97. The second-order valence-electron chi connectivity index (χ2n) is 6.53. The number of amidine groups is 1. The predicted molar refractivity (Wildman–Crippen MR) is 81.7 cm³/mol. The highest BCUT2D eigenvalue weighted by Gasteiger charge is 2.60. The fourth-order valence-electron chi connectivity index (χ4n) is 3.56. The highest BCUT2D eigenvalue weighted by Crippen LogP contribution is 2.53. The van der Waals surface area contributed by atoms with Crippen molar-refractivity contribution in [1.29, 1.82) is 5.26 Å². The van der Waals surface area contributed by atoms with E-state index in [1.807, 2.05) is 6.07 Å². The van der Waals surface area contributed by atoms with Crippen molar-refractivity contribution >= 4 is 11.5 Å². The number of nitrogens with zero attached hydrogens (tertiary/aromatic N) is 2. The van der Waals surface area contributed by atoms with Gasteiger partial charge in [0.25, 0.3) is 6.43 Å². The molecule has 4 atom stereocenters. The lowest BCUT2D eigenvalue weighted by Crippen LogP contribution is -2.50. The molecule has 24 heavy (non-hydrogen) atoms. The van der Waals surface area contributed by atoms with Crippen molar-refractivity contribution in [2.45, 2.75) is 31.4 Å². The smallest absolute Gasteiger partial charge is 0.264 e. The molecule has 0 aromatic heterocycles.